The van der Waals surface area contributed by atoms with Gasteiger partial charge < -0.3 is 5.73 Å². The summed E-state index contributed by atoms with van der Waals surface area (Å²) in [6, 6.07) is -0.147. The molecule has 0 aromatic carbocycles. The van der Waals surface area contributed by atoms with Crippen LogP contribution in [-0.4, -0.2) is 36.8 Å². The Balaban J connectivity index is 4.21. The first kappa shape index (κ1) is 13.7. The minimum atomic E-state index is -4.13. The maximum absolute atomic E-state index is 12.1. The number of nitrogens with zero attached hydrogens (tertiary/aromatic N) is 1. The van der Waals surface area contributed by atoms with Gasteiger partial charge in [-0.1, -0.05) is 20.3 Å². The van der Waals surface area contributed by atoms with Crippen molar-refractivity contribution in [2.75, 3.05) is 19.6 Å². The summed E-state index contributed by atoms with van der Waals surface area (Å²) in [5, 5.41) is 0. The van der Waals surface area contributed by atoms with Crippen LogP contribution in [0.25, 0.3) is 0 Å². The molecule has 0 aromatic heterocycles. The first-order valence-corrected chi connectivity index (χ1v) is 4.95. The summed E-state index contributed by atoms with van der Waals surface area (Å²) in [7, 11) is 0. The largest absolute Gasteiger partial charge is 0.401 e. The van der Waals surface area contributed by atoms with E-state index >= 15 is 0 Å². The van der Waals surface area contributed by atoms with E-state index in [-0.39, 0.29) is 12.6 Å². The third-order valence-electron chi connectivity index (χ3n) is 2.20. The van der Waals surface area contributed by atoms with Gasteiger partial charge in [-0.15, -0.1) is 0 Å². The van der Waals surface area contributed by atoms with Crippen LogP contribution in [-0.2, 0) is 0 Å². The molecule has 0 rings (SSSR count). The highest BCUT2D eigenvalue weighted by Crippen LogP contribution is 2.18. The maximum atomic E-state index is 12.1. The average Bonchev–Trinajstić information content (AvgIpc) is 2.09. The molecule has 0 spiro atoms. The lowest BCUT2D eigenvalue weighted by Crippen LogP contribution is -2.45. The molecule has 0 saturated carbocycles. The van der Waals surface area contributed by atoms with Crippen LogP contribution in [0.4, 0.5) is 13.2 Å². The summed E-state index contributed by atoms with van der Waals surface area (Å²) in [4.78, 5) is 1.39. The molecule has 2 nitrogen and oxygen atoms in total. The normalized spacial score (nSPS) is 14.8. The fraction of sp³-hybridized carbons (Fsp3) is 1.00. The minimum absolute atomic E-state index is 0.147. The highest BCUT2D eigenvalue weighted by atomic mass is 19.4. The number of alkyl halides is 3. The van der Waals surface area contributed by atoms with E-state index in [1.807, 2.05) is 6.92 Å². The van der Waals surface area contributed by atoms with E-state index in [0.717, 1.165) is 12.8 Å². The van der Waals surface area contributed by atoms with Gasteiger partial charge in [-0.25, -0.2) is 0 Å². The number of likely N-dealkylation sites (N-methyl/N-ethyl adjacent to an activating group) is 1. The number of hydrogen-bond acceptors (Lipinski definition) is 2. The summed E-state index contributed by atoms with van der Waals surface area (Å²) in [5.41, 5.74) is 5.45. The molecule has 0 heterocycles. The lowest BCUT2D eigenvalue weighted by Gasteiger charge is -2.30. The van der Waals surface area contributed by atoms with Gasteiger partial charge in [0.25, 0.3) is 0 Å². The molecule has 0 bridgehead atoms. The van der Waals surface area contributed by atoms with Gasteiger partial charge >= 0.3 is 6.18 Å². The molecule has 0 aliphatic heterocycles. The first-order chi connectivity index (χ1) is 6.44. The summed E-state index contributed by atoms with van der Waals surface area (Å²) in [5.74, 6) is 0. The van der Waals surface area contributed by atoms with E-state index in [4.69, 9.17) is 5.73 Å². The van der Waals surface area contributed by atoms with Crippen molar-refractivity contribution in [1.82, 2.24) is 4.90 Å². The molecule has 0 aliphatic rings. The zero-order valence-electron chi connectivity index (χ0n) is 8.77. The van der Waals surface area contributed by atoms with Crippen molar-refractivity contribution < 1.29 is 13.2 Å². The Morgan fingerprint density at radius 2 is 1.86 bits per heavy atom. The number of nitrogens with two attached hydrogens (primary N) is 1. The van der Waals surface area contributed by atoms with Crippen molar-refractivity contribution in [1.29, 1.82) is 0 Å². The standard InChI is InChI=1S/C9H19F3N2/c1-3-5-8(6-13)14(4-2)7-9(10,11)12/h8H,3-7,13H2,1-2H3. The van der Waals surface area contributed by atoms with Crippen LogP contribution in [0.3, 0.4) is 0 Å². The molecular formula is C9H19F3N2. The molecule has 2 N–H and O–H groups in total. The minimum Gasteiger partial charge on any atom is -0.329 e. The Kier molecular flexibility index (Phi) is 6.11. The Bertz CT molecular complexity index is 147. The van der Waals surface area contributed by atoms with E-state index in [0.29, 0.717) is 6.54 Å². The van der Waals surface area contributed by atoms with Crippen molar-refractivity contribution in [3.05, 3.63) is 0 Å². The van der Waals surface area contributed by atoms with Crippen molar-refractivity contribution in [2.45, 2.75) is 38.9 Å². The fourth-order valence-corrected chi connectivity index (χ4v) is 1.51. The van der Waals surface area contributed by atoms with E-state index < -0.39 is 12.7 Å². The van der Waals surface area contributed by atoms with Gasteiger partial charge in [0, 0.05) is 12.6 Å². The summed E-state index contributed by atoms with van der Waals surface area (Å²) < 4.78 is 36.4. The molecule has 0 amide bonds. The second-order valence-corrected chi connectivity index (χ2v) is 3.36. The van der Waals surface area contributed by atoms with E-state index in [2.05, 4.69) is 0 Å². The third kappa shape index (κ3) is 5.44. The number of hydrogen-bond donors (Lipinski definition) is 1. The van der Waals surface area contributed by atoms with Crippen LogP contribution < -0.4 is 5.73 Å². The molecule has 0 aromatic rings. The lowest BCUT2D eigenvalue weighted by molar-refractivity contribution is -0.150. The predicted molar refractivity (Wildman–Crippen MR) is 51.1 cm³/mol. The molecule has 86 valence electrons. The topological polar surface area (TPSA) is 29.3 Å². The van der Waals surface area contributed by atoms with Crippen LogP contribution in [0.5, 0.6) is 0 Å². The van der Waals surface area contributed by atoms with Crippen molar-refractivity contribution in [3.63, 3.8) is 0 Å². The van der Waals surface area contributed by atoms with Gasteiger partial charge in [0.2, 0.25) is 0 Å². The number of halogens is 3. The SMILES string of the molecule is CCCC(CN)N(CC)CC(F)(F)F. The Morgan fingerprint density at radius 3 is 2.14 bits per heavy atom. The zero-order valence-corrected chi connectivity index (χ0v) is 8.77. The smallest absolute Gasteiger partial charge is 0.329 e. The molecule has 0 fully saturated rings. The summed E-state index contributed by atoms with van der Waals surface area (Å²) >= 11 is 0. The maximum Gasteiger partial charge on any atom is 0.401 e. The van der Waals surface area contributed by atoms with Crippen LogP contribution in [0.15, 0.2) is 0 Å². The second kappa shape index (κ2) is 6.24. The van der Waals surface area contributed by atoms with Gasteiger partial charge in [0.05, 0.1) is 6.54 Å². The lowest BCUT2D eigenvalue weighted by atomic mass is 10.1. The Labute approximate surface area is 83.3 Å². The van der Waals surface area contributed by atoms with Gasteiger partial charge in [-0.3, -0.25) is 4.90 Å². The Hall–Kier alpha value is -0.290. The van der Waals surface area contributed by atoms with Crippen molar-refractivity contribution in [3.8, 4) is 0 Å². The van der Waals surface area contributed by atoms with E-state index in [1.54, 1.807) is 6.92 Å². The number of rotatable bonds is 6. The molecule has 0 radical (unpaired) electrons. The highest BCUT2D eigenvalue weighted by molar-refractivity contribution is 4.73. The van der Waals surface area contributed by atoms with Gasteiger partial charge in [0.1, 0.15) is 0 Å². The van der Waals surface area contributed by atoms with Crippen molar-refractivity contribution >= 4 is 0 Å². The molecule has 0 aliphatic carbocycles. The second-order valence-electron chi connectivity index (χ2n) is 3.36. The molecule has 0 saturated heterocycles. The molecule has 14 heavy (non-hydrogen) atoms. The van der Waals surface area contributed by atoms with Crippen LogP contribution in [0.1, 0.15) is 26.7 Å². The quantitative estimate of drug-likeness (QED) is 0.729. The monoisotopic (exact) mass is 212 g/mol. The van der Waals surface area contributed by atoms with E-state index in [9.17, 15) is 13.2 Å². The summed E-state index contributed by atoms with van der Waals surface area (Å²) in [6.07, 6.45) is -2.55. The zero-order chi connectivity index (χ0) is 11.2. The van der Waals surface area contributed by atoms with Crippen LogP contribution in [0.2, 0.25) is 0 Å². The third-order valence-corrected chi connectivity index (χ3v) is 2.20. The van der Waals surface area contributed by atoms with Crippen LogP contribution in [0, 0.1) is 0 Å². The molecule has 1 atom stereocenters. The van der Waals surface area contributed by atoms with Crippen molar-refractivity contribution in [2.24, 2.45) is 5.73 Å². The molecule has 5 heteroatoms. The Morgan fingerprint density at radius 1 is 1.29 bits per heavy atom. The van der Waals surface area contributed by atoms with Crippen LogP contribution >= 0.6 is 0 Å². The van der Waals surface area contributed by atoms with Gasteiger partial charge in [0.15, 0.2) is 0 Å². The van der Waals surface area contributed by atoms with E-state index in [1.165, 1.54) is 4.90 Å². The summed E-state index contributed by atoms with van der Waals surface area (Å²) in [6.45, 7) is 3.50. The van der Waals surface area contributed by atoms with Gasteiger partial charge in [-0.05, 0) is 13.0 Å². The highest BCUT2D eigenvalue weighted by Gasteiger charge is 2.32. The first-order valence-electron chi connectivity index (χ1n) is 4.95. The predicted octanol–water partition coefficient (Wildman–Crippen LogP) is 2.00. The molecular weight excluding hydrogens is 193 g/mol. The molecule has 1 unspecified atom stereocenters. The average molecular weight is 212 g/mol. The fourth-order valence-electron chi connectivity index (χ4n) is 1.51. The van der Waals surface area contributed by atoms with Gasteiger partial charge in [-0.2, -0.15) is 13.2 Å².